The Hall–Kier alpha value is -2.82. The van der Waals surface area contributed by atoms with Crippen LogP contribution in [-0.2, 0) is 16.0 Å². The van der Waals surface area contributed by atoms with Crippen LogP contribution in [-0.4, -0.2) is 42.5 Å². The normalized spacial score (nSPS) is 11.6. The highest BCUT2D eigenvalue weighted by Crippen LogP contribution is 2.19. The van der Waals surface area contributed by atoms with Gasteiger partial charge in [0.1, 0.15) is 11.8 Å². The average Bonchev–Trinajstić information content (AvgIpc) is 2.75. The number of hydrogen-bond donors (Lipinski definition) is 1. The smallest absolute Gasteiger partial charge is 0.261 e. The van der Waals surface area contributed by atoms with Gasteiger partial charge in [-0.3, -0.25) is 9.59 Å². The van der Waals surface area contributed by atoms with Gasteiger partial charge in [-0.25, -0.2) is 0 Å². The second-order valence-electron chi connectivity index (χ2n) is 7.70. The van der Waals surface area contributed by atoms with E-state index in [4.69, 9.17) is 4.74 Å². The molecule has 0 saturated heterocycles. The Labute approximate surface area is 180 Å². The van der Waals surface area contributed by atoms with Gasteiger partial charge in [0.05, 0.1) is 0 Å². The molecule has 1 N–H and O–H groups in total. The van der Waals surface area contributed by atoms with Crippen LogP contribution in [0, 0.1) is 13.8 Å². The number of ether oxygens (including phenoxy) is 1. The number of nitrogens with one attached hydrogen (secondary N) is 1. The fraction of sp³-hybridized carbons (Fsp3) is 0.440. The number of benzene rings is 2. The molecule has 0 unspecified atom stereocenters. The van der Waals surface area contributed by atoms with Crippen molar-refractivity contribution in [1.29, 1.82) is 0 Å². The van der Waals surface area contributed by atoms with Crippen LogP contribution in [0.1, 0.15) is 43.4 Å². The number of nitrogens with zero attached hydrogens (tertiary/aromatic N) is 1. The third kappa shape index (κ3) is 7.21. The van der Waals surface area contributed by atoms with Gasteiger partial charge < -0.3 is 15.0 Å². The molecule has 0 spiro atoms. The summed E-state index contributed by atoms with van der Waals surface area (Å²) in [5.41, 5.74) is 3.19. The van der Waals surface area contributed by atoms with E-state index in [9.17, 15) is 9.59 Å². The molecule has 5 heteroatoms. The molecule has 0 radical (unpaired) electrons. The fourth-order valence-corrected chi connectivity index (χ4v) is 3.19. The monoisotopic (exact) mass is 410 g/mol. The van der Waals surface area contributed by atoms with Crippen molar-refractivity contribution in [3.8, 4) is 5.75 Å². The number of rotatable bonds is 11. The summed E-state index contributed by atoms with van der Waals surface area (Å²) in [6.07, 6.45) is 2.61. The molecule has 0 aromatic heterocycles. The van der Waals surface area contributed by atoms with E-state index in [-0.39, 0.29) is 18.4 Å². The second kappa shape index (κ2) is 12.0. The van der Waals surface area contributed by atoms with Crippen molar-refractivity contribution >= 4 is 11.8 Å². The average molecular weight is 411 g/mol. The van der Waals surface area contributed by atoms with Gasteiger partial charge in [-0.15, -0.1) is 0 Å². The molecule has 5 nitrogen and oxygen atoms in total. The summed E-state index contributed by atoms with van der Waals surface area (Å²) in [7, 11) is 0. The van der Waals surface area contributed by atoms with Gasteiger partial charge in [-0.1, -0.05) is 55.8 Å². The highest BCUT2D eigenvalue weighted by atomic mass is 16.5. The maximum absolute atomic E-state index is 13.0. The molecular formula is C25H34N2O3. The Kier molecular flexibility index (Phi) is 9.39. The predicted molar refractivity (Wildman–Crippen MR) is 121 cm³/mol. The van der Waals surface area contributed by atoms with Crippen molar-refractivity contribution in [2.75, 3.05) is 19.7 Å². The number of hydrogen-bond acceptors (Lipinski definition) is 3. The Balaban J connectivity index is 2.06. The van der Waals surface area contributed by atoms with Gasteiger partial charge in [0, 0.05) is 13.1 Å². The van der Waals surface area contributed by atoms with Gasteiger partial charge >= 0.3 is 0 Å². The minimum absolute atomic E-state index is 0.0916. The first kappa shape index (κ1) is 23.5. The Morgan fingerprint density at radius 1 is 1.10 bits per heavy atom. The molecule has 2 amide bonds. The molecule has 0 fully saturated rings. The Morgan fingerprint density at radius 3 is 2.53 bits per heavy atom. The minimum atomic E-state index is -0.555. The summed E-state index contributed by atoms with van der Waals surface area (Å²) < 4.78 is 5.82. The standard InChI is InChI=1S/C25H34N2O3/c1-5-6-15-26-25(29)21(4)27(16-14-22-10-8-7-9-11-22)24(28)18-30-23-17-19(2)12-13-20(23)3/h7-13,17,21H,5-6,14-16,18H2,1-4H3,(H,26,29)/t21-/m1/s1. The minimum Gasteiger partial charge on any atom is -0.483 e. The van der Waals surface area contributed by atoms with Gasteiger partial charge in [-0.2, -0.15) is 0 Å². The molecule has 0 aliphatic carbocycles. The zero-order chi connectivity index (χ0) is 21.9. The lowest BCUT2D eigenvalue weighted by Crippen LogP contribution is -2.50. The van der Waals surface area contributed by atoms with Crippen LogP contribution in [0.5, 0.6) is 5.75 Å². The lowest BCUT2D eigenvalue weighted by Gasteiger charge is -2.29. The van der Waals surface area contributed by atoms with E-state index in [1.807, 2.05) is 62.4 Å². The van der Waals surface area contributed by atoms with Crippen LogP contribution in [0.4, 0.5) is 0 Å². The van der Waals surface area contributed by atoms with E-state index in [2.05, 4.69) is 12.2 Å². The SMILES string of the molecule is CCCCNC(=O)[C@@H](C)N(CCc1ccccc1)C(=O)COc1cc(C)ccc1C. The van der Waals surface area contributed by atoms with E-state index in [0.717, 1.165) is 29.5 Å². The largest absolute Gasteiger partial charge is 0.483 e. The fourth-order valence-electron chi connectivity index (χ4n) is 3.19. The first-order chi connectivity index (χ1) is 14.4. The maximum atomic E-state index is 13.0. The molecule has 2 rings (SSSR count). The molecule has 0 aliphatic rings. The molecule has 2 aromatic rings. The molecule has 1 atom stereocenters. The van der Waals surface area contributed by atoms with Crippen molar-refractivity contribution in [3.63, 3.8) is 0 Å². The third-order valence-corrected chi connectivity index (χ3v) is 5.18. The molecule has 2 aromatic carbocycles. The van der Waals surface area contributed by atoms with E-state index < -0.39 is 6.04 Å². The third-order valence-electron chi connectivity index (χ3n) is 5.18. The highest BCUT2D eigenvalue weighted by Gasteiger charge is 2.26. The maximum Gasteiger partial charge on any atom is 0.261 e. The summed E-state index contributed by atoms with van der Waals surface area (Å²) in [5.74, 6) is 0.382. The predicted octanol–water partition coefficient (Wildman–Crippen LogP) is 4.06. The van der Waals surface area contributed by atoms with Crippen LogP contribution in [0.3, 0.4) is 0 Å². The quantitative estimate of drug-likeness (QED) is 0.569. The van der Waals surface area contributed by atoms with Crippen molar-refractivity contribution in [3.05, 3.63) is 65.2 Å². The topological polar surface area (TPSA) is 58.6 Å². The van der Waals surface area contributed by atoms with Gasteiger partial charge in [-0.05, 0) is 56.4 Å². The molecule has 0 bridgehead atoms. The Morgan fingerprint density at radius 2 is 1.83 bits per heavy atom. The van der Waals surface area contributed by atoms with Crippen LogP contribution in [0.2, 0.25) is 0 Å². The molecule has 0 heterocycles. The van der Waals surface area contributed by atoms with Crippen molar-refractivity contribution in [2.24, 2.45) is 0 Å². The van der Waals surface area contributed by atoms with Crippen LogP contribution < -0.4 is 10.1 Å². The first-order valence-electron chi connectivity index (χ1n) is 10.7. The second-order valence-corrected chi connectivity index (χ2v) is 7.70. The van der Waals surface area contributed by atoms with Crippen LogP contribution in [0.15, 0.2) is 48.5 Å². The zero-order valence-corrected chi connectivity index (χ0v) is 18.6. The Bertz CT molecular complexity index is 820. The van der Waals surface area contributed by atoms with Crippen molar-refractivity contribution < 1.29 is 14.3 Å². The zero-order valence-electron chi connectivity index (χ0n) is 18.6. The van der Waals surface area contributed by atoms with Gasteiger partial charge in [0.2, 0.25) is 5.91 Å². The first-order valence-corrected chi connectivity index (χ1v) is 10.7. The number of carbonyl (C=O) groups excluding carboxylic acids is 2. The molecule has 0 saturated carbocycles. The summed E-state index contributed by atoms with van der Waals surface area (Å²) >= 11 is 0. The number of carbonyl (C=O) groups is 2. The summed E-state index contributed by atoms with van der Waals surface area (Å²) in [4.78, 5) is 27.3. The molecule has 30 heavy (non-hydrogen) atoms. The number of aryl methyl sites for hydroxylation is 2. The summed E-state index contributed by atoms with van der Waals surface area (Å²) in [6.45, 7) is 8.80. The van der Waals surface area contributed by atoms with E-state index in [1.54, 1.807) is 11.8 Å². The van der Waals surface area contributed by atoms with Crippen molar-refractivity contribution in [1.82, 2.24) is 10.2 Å². The van der Waals surface area contributed by atoms with Gasteiger partial charge in [0.25, 0.3) is 5.91 Å². The molecule has 0 aliphatic heterocycles. The van der Waals surface area contributed by atoms with E-state index in [1.165, 1.54) is 0 Å². The highest BCUT2D eigenvalue weighted by molar-refractivity contribution is 5.88. The summed E-state index contributed by atoms with van der Waals surface area (Å²) in [6, 6.07) is 15.3. The lowest BCUT2D eigenvalue weighted by atomic mass is 10.1. The van der Waals surface area contributed by atoms with Crippen LogP contribution in [0.25, 0.3) is 0 Å². The molecule has 162 valence electrons. The van der Waals surface area contributed by atoms with E-state index in [0.29, 0.717) is 25.3 Å². The number of unbranched alkanes of at least 4 members (excludes halogenated alkanes) is 1. The van der Waals surface area contributed by atoms with E-state index >= 15 is 0 Å². The summed E-state index contributed by atoms with van der Waals surface area (Å²) in [5, 5.41) is 2.93. The number of amides is 2. The van der Waals surface area contributed by atoms with Crippen molar-refractivity contribution in [2.45, 2.75) is 53.0 Å². The lowest BCUT2D eigenvalue weighted by molar-refractivity contribution is -0.141. The van der Waals surface area contributed by atoms with Crippen LogP contribution >= 0.6 is 0 Å². The molecular weight excluding hydrogens is 376 g/mol. The van der Waals surface area contributed by atoms with Gasteiger partial charge in [0.15, 0.2) is 6.61 Å².